The van der Waals surface area contributed by atoms with Crippen molar-refractivity contribution in [2.75, 3.05) is 12.4 Å². The van der Waals surface area contributed by atoms with Crippen molar-refractivity contribution in [3.63, 3.8) is 0 Å². The van der Waals surface area contributed by atoms with Crippen LogP contribution in [0.4, 0.5) is 11.4 Å². The van der Waals surface area contributed by atoms with Crippen LogP contribution in [0.15, 0.2) is 41.4 Å². The van der Waals surface area contributed by atoms with E-state index in [1.807, 2.05) is 31.2 Å². The highest BCUT2D eigenvalue weighted by Gasteiger charge is 2.39. The van der Waals surface area contributed by atoms with Crippen molar-refractivity contribution in [1.82, 2.24) is 4.90 Å². The van der Waals surface area contributed by atoms with Gasteiger partial charge in [0.1, 0.15) is 0 Å². The van der Waals surface area contributed by atoms with E-state index in [1.165, 1.54) is 23.2 Å². The number of halogens is 1. The lowest BCUT2D eigenvalue weighted by atomic mass is 9.70. The van der Waals surface area contributed by atoms with Crippen molar-refractivity contribution in [3.05, 3.63) is 58.1 Å². The molecule has 0 radical (unpaired) electrons. The Morgan fingerprint density at radius 3 is 2.62 bits per heavy atom. The number of nitrogens with zero attached hydrogens (tertiary/aromatic N) is 2. The topological polar surface area (TPSA) is 44.7 Å². The molecule has 1 fully saturated rings. The van der Waals surface area contributed by atoms with Crippen LogP contribution >= 0.6 is 11.6 Å². The molecule has 2 aromatic rings. The summed E-state index contributed by atoms with van der Waals surface area (Å²) in [4.78, 5) is 16.4. The van der Waals surface area contributed by atoms with E-state index in [4.69, 9.17) is 11.6 Å². The second-order valence-electron chi connectivity index (χ2n) is 6.99. The van der Waals surface area contributed by atoms with E-state index in [0.29, 0.717) is 0 Å². The molecule has 26 heavy (non-hydrogen) atoms. The molecule has 4 nitrogen and oxygen atoms in total. The predicted octanol–water partition coefficient (Wildman–Crippen LogP) is 5.20. The first kappa shape index (κ1) is 18.5. The zero-order chi connectivity index (χ0) is 18.7. The van der Waals surface area contributed by atoms with Crippen LogP contribution in [-0.4, -0.2) is 24.7 Å². The fourth-order valence-corrected chi connectivity index (χ4v) is 3.63. The summed E-state index contributed by atoms with van der Waals surface area (Å²) >= 11 is 6.35. The molecular weight excluding hydrogens is 346 g/mol. The fraction of sp³-hybridized carbons (Fsp3) is 0.333. The predicted molar refractivity (Wildman–Crippen MR) is 108 cm³/mol. The van der Waals surface area contributed by atoms with E-state index < -0.39 is 0 Å². The number of aliphatic imine (C=N–C) groups is 1. The highest BCUT2D eigenvalue weighted by Crippen LogP contribution is 2.46. The Morgan fingerprint density at radius 2 is 2.00 bits per heavy atom. The van der Waals surface area contributed by atoms with Crippen LogP contribution in [0.25, 0.3) is 0 Å². The summed E-state index contributed by atoms with van der Waals surface area (Å²) in [5.74, 6) is 0. The van der Waals surface area contributed by atoms with Gasteiger partial charge in [0.05, 0.1) is 17.6 Å². The molecule has 1 aliphatic rings. The number of rotatable bonds is 6. The first-order valence-corrected chi connectivity index (χ1v) is 9.19. The Labute approximate surface area is 159 Å². The second kappa shape index (κ2) is 7.50. The Hall–Kier alpha value is -2.33. The molecule has 0 unspecified atom stereocenters. The third kappa shape index (κ3) is 3.61. The average Bonchev–Trinajstić information content (AvgIpc) is 2.60. The van der Waals surface area contributed by atoms with Gasteiger partial charge in [-0.1, -0.05) is 23.7 Å². The molecule has 5 heteroatoms. The van der Waals surface area contributed by atoms with Crippen LogP contribution in [0.5, 0.6) is 0 Å². The van der Waals surface area contributed by atoms with Crippen molar-refractivity contribution < 1.29 is 4.79 Å². The van der Waals surface area contributed by atoms with Crippen molar-refractivity contribution in [2.24, 2.45) is 4.99 Å². The second-order valence-corrected chi connectivity index (χ2v) is 7.40. The Morgan fingerprint density at radius 1 is 1.23 bits per heavy atom. The summed E-state index contributed by atoms with van der Waals surface area (Å²) in [5.41, 5.74) is 5.36. The lowest BCUT2D eigenvalue weighted by Crippen LogP contribution is -2.42. The van der Waals surface area contributed by atoms with Gasteiger partial charge in [0.25, 0.3) is 0 Å². The first-order valence-electron chi connectivity index (χ1n) is 8.81. The summed E-state index contributed by atoms with van der Waals surface area (Å²) < 4.78 is 0. The highest BCUT2D eigenvalue weighted by molar-refractivity contribution is 6.31. The van der Waals surface area contributed by atoms with E-state index in [9.17, 15) is 4.79 Å². The molecule has 0 saturated heterocycles. The lowest BCUT2D eigenvalue weighted by Gasteiger charge is -2.45. The number of carbonyl (C=O) groups excluding carboxylic acids is 1. The molecule has 1 aliphatic carbocycles. The summed E-state index contributed by atoms with van der Waals surface area (Å²) in [6.45, 7) is 4.11. The maximum atomic E-state index is 10.7. The van der Waals surface area contributed by atoms with Crippen LogP contribution in [0, 0.1) is 13.8 Å². The van der Waals surface area contributed by atoms with Crippen LogP contribution in [0.1, 0.15) is 36.0 Å². The van der Waals surface area contributed by atoms with Crippen molar-refractivity contribution in [3.8, 4) is 0 Å². The molecule has 0 aromatic heterocycles. The van der Waals surface area contributed by atoms with E-state index in [-0.39, 0.29) is 5.54 Å². The van der Waals surface area contributed by atoms with Gasteiger partial charge in [0.2, 0.25) is 6.41 Å². The summed E-state index contributed by atoms with van der Waals surface area (Å²) in [6, 6.07) is 12.3. The van der Waals surface area contributed by atoms with E-state index in [1.54, 1.807) is 7.05 Å². The highest BCUT2D eigenvalue weighted by atomic mass is 35.5. The van der Waals surface area contributed by atoms with Gasteiger partial charge >= 0.3 is 0 Å². The largest absolute Gasteiger partial charge is 0.376 e. The normalized spacial score (nSPS) is 15.5. The smallest absolute Gasteiger partial charge is 0.214 e. The van der Waals surface area contributed by atoms with Gasteiger partial charge < -0.3 is 10.2 Å². The molecule has 0 atom stereocenters. The molecule has 0 aliphatic heterocycles. The monoisotopic (exact) mass is 369 g/mol. The lowest BCUT2D eigenvalue weighted by molar-refractivity contribution is -0.113. The zero-order valence-corrected chi connectivity index (χ0v) is 16.2. The third-order valence-electron chi connectivity index (χ3n) is 5.12. The third-order valence-corrected chi connectivity index (χ3v) is 5.53. The molecule has 1 amide bonds. The van der Waals surface area contributed by atoms with Crippen molar-refractivity contribution in [1.29, 1.82) is 0 Å². The molecular formula is C21H24ClN3O. The maximum Gasteiger partial charge on any atom is 0.214 e. The standard InChI is InChI=1S/C21H24ClN3O/c1-15-12-17(8-9-20(15)23-13-25(3)14-26)24-21(10-5-11-21)18-6-4-7-19(22)16(18)2/h4,6-9,12-14,24H,5,10-11H2,1-3H3. The number of hydrogen-bond donors (Lipinski definition) is 1. The maximum absolute atomic E-state index is 10.7. The van der Waals surface area contributed by atoms with Gasteiger partial charge in [-0.15, -0.1) is 0 Å². The number of hydrogen-bond acceptors (Lipinski definition) is 3. The minimum absolute atomic E-state index is 0.0516. The fourth-order valence-electron chi connectivity index (χ4n) is 3.45. The van der Waals surface area contributed by atoms with E-state index in [0.717, 1.165) is 46.8 Å². The molecule has 136 valence electrons. The van der Waals surface area contributed by atoms with Crippen molar-refractivity contribution >= 4 is 35.7 Å². The van der Waals surface area contributed by atoms with Gasteiger partial charge in [-0.05, 0) is 74.1 Å². The summed E-state index contributed by atoms with van der Waals surface area (Å²) in [7, 11) is 1.66. The molecule has 0 heterocycles. The van der Waals surface area contributed by atoms with Crippen molar-refractivity contribution in [2.45, 2.75) is 38.6 Å². The van der Waals surface area contributed by atoms with Gasteiger partial charge in [0.15, 0.2) is 0 Å². The molecule has 0 spiro atoms. The Balaban J connectivity index is 1.85. The number of amides is 1. The van der Waals surface area contributed by atoms with Crippen LogP contribution < -0.4 is 5.32 Å². The van der Waals surface area contributed by atoms with Gasteiger partial charge in [-0.3, -0.25) is 4.79 Å². The molecule has 3 rings (SSSR count). The minimum atomic E-state index is -0.0516. The molecule has 1 saturated carbocycles. The van der Waals surface area contributed by atoms with Crippen LogP contribution in [0.2, 0.25) is 5.02 Å². The summed E-state index contributed by atoms with van der Waals surface area (Å²) in [6.07, 6.45) is 5.64. The number of benzene rings is 2. The average molecular weight is 370 g/mol. The number of carbonyl (C=O) groups is 1. The number of anilines is 1. The zero-order valence-electron chi connectivity index (χ0n) is 15.4. The van der Waals surface area contributed by atoms with Crippen LogP contribution in [0.3, 0.4) is 0 Å². The quantitative estimate of drug-likeness (QED) is 0.432. The summed E-state index contributed by atoms with van der Waals surface area (Å²) in [5, 5.41) is 4.56. The van der Waals surface area contributed by atoms with Gasteiger partial charge in [-0.2, -0.15) is 0 Å². The minimum Gasteiger partial charge on any atom is -0.376 e. The van der Waals surface area contributed by atoms with Gasteiger partial charge in [0, 0.05) is 17.8 Å². The van der Waals surface area contributed by atoms with Gasteiger partial charge in [-0.25, -0.2) is 4.99 Å². The molecule has 0 bridgehead atoms. The van der Waals surface area contributed by atoms with E-state index in [2.05, 4.69) is 29.4 Å². The SMILES string of the molecule is Cc1cc(NC2(c3cccc(Cl)c3C)CCC2)ccc1N=CN(C)C=O. The number of nitrogens with one attached hydrogen (secondary N) is 1. The number of aryl methyl sites for hydroxylation is 1. The van der Waals surface area contributed by atoms with Crippen LogP contribution in [-0.2, 0) is 10.3 Å². The first-order chi connectivity index (χ1) is 12.4. The van der Waals surface area contributed by atoms with E-state index >= 15 is 0 Å². The molecule has 1 N–H and O–H groups in total. The molecule has 2 aromatic carbocycles. The Bertz CT molecular complexity index is 843. The Kier molecular flexibility index (Phi) is 5.33.